The van der Waals surface area contributed by atoms with Gasteiger partial charge in [-0.2, -0.15) is 16.8 Å². The first kappa shape index (κ1) is 20.0. The molecule has 5 N–H and O–H groups in total. The molecule has 0 heterocycles. The van der Waals surface area contributed by atoms with Gasteiger partial charge < -0.3 is 15.7 Å². The minimum absolute atomic E-state index is 0.103. The lowest BCUT2D eigenvalue weighted by Gasteiger charge is -2.11. The van der Waals surface area contributed by atoms with E-state index in [0.717, 1.165) is 24.3 Å². The Kier molecular flexibility index (Phi) is 5.19. The summed E-state index contributed by atoms with van der Waals surface area (Å²) in [5, 5.41) is 0.103. The van der Waals surface area contributed by atoms with Crippen molar-refractivity contribution in [1.29, 1.82) is 0 Å². The Bertz CT molecular complexity index is 1110. The number of hydrogen-bond acceptors (Lipinski definition) is 8. The summed E-state index contributed by atoms with van der Waals surface area (Å²) in [6, 6.07) is 4.90. The molecular weight excluding hydrogens is 408 g/mol. The lowest BCUT2D eigenvalue weighted by Crippen LogP contribution is -2.16. The number of rotatable bonds is 4. The predicted molar refractivity (Wildman–Crippen MR) is 93.9 cm³/mol. The molecule has 0 fully saturated rings. The lowest BCUT2D eigenvalue weighted by molar-refractivity contribution is 0.0748. The normalized spacial score (nSPS) is 12.0. The van der Waals surface area contributed by atoms with Crippen LogP contribution < -0.4 is 11.5 Å². The molecule has 2 aromatic rings. The van der Waals surface area contributed by atoms with Gasteiger partial charge in [0.15, 0.2) is 0 Å². The molecule has 0 radical (unpaired) electrons. The number of halogens is 1. The average Bonchev–Trinajstić information content (AvgIpc) is 2.49. The summed E-state index contributed by atoms with van der Waals surface area (Å²) >= 11 is 5.87. The third-order valence-corrected chi connectivity index (χ3v) is 5.81. The molecule has 2 aromatic carbocycles. The van der Waals surface area contributed by atoms with E-state index in [4.69, 9.17) is 27.6 Å². The van der Waals surface area contributed by atoms with Gasteiger partial charge in [0.25, 0.3) is 10.1 Å². The zero-order chi connectivity index (χ0) is 19.9. The molecule has 0 aliphatic heterocycles. The molecule has 9 nitrogen and oxygen atoms in total. The van der Waals surface area contributed by atoms with Crippen molar-refractivity contribution in [2.75, 3.05) is 11.5 Å². The van der Waals surface area contributed by atoms with Gasteiger partial charge >= 0.3 is 16.1 Å². The first-order chi connectivity index (χ1) is 11.8. The van der Waals surface area contributed by atoms with Crippen LogP contribution in [0.1, 0.15) is 15.9 Å². The van der Waals surface area contributed by atoms with Gasteiger partial charge in [0.1, 0.15) is 4.90 Å². The van der Waals surface area contributed by atoms with Crippen molar-refractivity contribution >= 4 is 49.2 Å². The van der Waals surface area contributed by atoms with Gasteiger partial charge in [-0.15, -0.1) is 0 Å². The number of benzene rings is 2. The Morgan fingerprint density at radius 3 is 2.23 bits per heavy atom. The van der Waals surface area contributed by atoms with E-state index in [1.54, 1.807) is 6.92 Å². The van der Waals surface area contributed by atoms with Crippen molar-refractivity contribution in [1.82, 2.24) is 0 Å². The summed E-state index contributed by atoms with van der Waals surface area (Å²) in [7, 11) is -9.16. The minimum atomic E-state index is -4.62. The first-order valence-corrected chi connectivity index (χ1v) is 9.97. The number of carbonyl (C=O) groups excluding carboxylic acids is 1. The van der Waals surface area contributed by atoms with Gasteiger partial charge in [-0.3, -0.25) is 4.55 Å². The van der Waals surface area contributed by atoms with Crippen LogP contribution in [-0.4, -0.2) is 27.4 Å². The minimum Gasteiger partial charge on any atom is -0.398 e. The van der Waals surface area contributed by atoms with Gasteiger partial charge in [-0.05, 0) is 42.8 Å². The van der Waals surface area contributed by atoms with E-state index in [0.29, 0.717) is 5.56 Å². The standard InChI is InChI=1S/C14H13ClN2O7S2/c1-7-4-12(17)13(6-10(7)15)26(22,23)24-14(18)9-3-2-8(5-11(9)16)25(19,20)21/h2-6H,16-17H2,1H3,(H,19,20,21). The van der Waals surface area contributed by atoms with Gasteiger partial charge in [-0.25, -0.2) is 4.79 Å². The molecule has 26 heavy (non-hydrogen) atoms. The lowest BCUT2D eigenvalue weighted by atomic mass is 10.2. The van der Waals surface area contributed by atoms with Gasteiger partial charge in [0, 0.05) is 10.7 Å². The van der Waals surface area contributed by atoms with Crippen LogP contribution in [0, 0.1) is 6.92 Å². The van der Waals surface area contributed by atoms with Gasteiger partial charge in [0.05, 0.1) is 16.1 Å². The summed E-state index contributed by atoms with van der Waals surface area (Å²) in [5.74, 6) is -1.36. The zero-order valence-corrected chi connectivity index (χ0v) is 15.5. The van der Waals surface area contributed by atoms with Crippen LogP contribution in [0.4, 0.5) is 11.4 Å². The second kappa shape index (κ2) is 6.76. The van der Waals surface area contributed by atoms with E-state index < -0.39 is 47.2 Å². The maximum Gasteiger partial charge on any atom is 0.356 e. The Morgan fingerprint density at radius 1 is 1.08 bits per heavy atom. The number of anilines is 2. The fourth-order valence-corrected chi connectivity index (χ4v) is 3.71. The van der Waals surface area contributed by atoms with Crippen LogP contribution in [0.15, 0.2) is 40.1 Å². The maximum absolute atomic E-state index is 12.3. The van der Waals surface area contributed by atoms with Crippen molar-refractivity contribution in [2.45, 2.75) is 16.7 Å². The Morgan fingerprint density at radius 2 is 1.69 bits per heavy atom. The first-order valence-electron chi connectivity index (χ1n) is 6.74. The van der Waals surface area contributed by atoms with Crippen LogP contribution >= 0.6 is 11.6 Å². The van der Waals surface area contributed by atoms with E-state index in [9.17, 15) is 21.6 Å². The van der Waals surface area contributed by atoms with Gasteiger partial charge in [-0.1, -0.05) is 11.6 Å². The highest BCUT2D eigenvalue weighted by Gasteiger charge is 2.26. The molecule has 0 aromatic heterocycles. The van der Waals surface area contributed by atoms with E-state index in [-0.39, 0.29) is 10.7 Å². The molecule has 12 heteroatoms. The highest BCUT2D eigenvalue weighted by atomic mass is 35.5. The quantitative estimate of drug-likeness (QED) is 0.378. The number of aryl methyl sites for hydroxylation is 1. The molecule has 0 unspecified atom stereocenters. The second-order valence-corrected chi connectivity index (χ2v) is 8.53. The third kappa shape index (κ3) is 4.07. The molecule has 0 amide bonds. The topological polar surface area (TPSA) is 167 Å². The Balaban J connectivity index is 2.39. The summed E-state index contributed by atoms with van der Waals surface area (Å²) in [4.78, 5) is 11.0. The molecule has 2 rings (SSSR count). The number of hydrogen-bond donors (Lipinski definition) is 3. The highest BCUT2D eigenvalue weighted by molar-refractivity contribution is 7.87. The van der Waals surface area contributed by atoms with Gasteiger partial charge in [0.2, 0.25) is 0 Å². The Labute approximate surface area is 154 Å². The fourth-order valence-electron chi connectivity index (χ4n) is 1.98. The fraction of sp³-hybridized carbons (Fsp3) is 0.0714. The van der Waals surface area contributed by atoms with Crippen molar-refractivity contribution in [3.05, 3.63) is 46.5 Å². The van der Waals surface area contributed by atoms with Crippen LogP contribution in [0.5, 0.6) is 0 Å². The number of carbonyl (C=O) groups is 1. The van der Waals surface area contributed by atoms with E-state index in [1.165, 1.54) is 6.07 Å². The van der Waals surface area contributed by atoms with Crippen LogP contribution in [0.25, 0.3) is 0 Å². The average molecular weight is 421 g/mol. The zero-order valence-electron chi connectivity index (χ0n) is 13.1. The van der Waals surface area contributed by atoms with E-state index >= 15 is 0 Å². The summed E-state index contributed by atoms with van der Waals surface area (Å²) < 4.78 is 60.1. The van der Waals surface area contributed by atoms with Crippen molar-refractivity contribution in [3.63, 3.8) is 0 Å². The smallest absolute Gasteiger partial charge is 0.356 e. The number of nitrogens with two attached hydrogens (primary N) is 2. The molecule has 0 atom stereocenters. The maximum atomic E-state index is 12.3. The highest BCUT2D eigenvalue weighted by Crippen LogP contribution is 2.28. The van der Waals surface area contributed by atoms with Crippen molar-refractivity contribution in [3.8, 4) is 0 Å². The molecule has 0 aliphatic carbocycles. The molecule has 140 valence electrons. The predicted octanol–water partition coefficient (Wildman–Crippen LogP) is 1.61. The molecule has 0 bridgehead atoms. The van der Waals surface area contributed by atoms with Crippen LogP contribution in [-0.2, 0) is 24.4 Å². The van der Waals surface area contributed by atoms with Crippen molar-refractivity contribution in [2.24, 2.45) is 0 Å². The summed E-state index contributed by atoms with van der Waals surface area (Å²) in [6.45, 7) is 1.61. The van der Waals surface area contributed by atoms with E-state index in [1.807, 2.05) is 0 Å². The number of nitrogen functional groups attached to an aromatic ring is 2. The SMILES string of the molecule is Cc1cc(N)c(S(=O)(=O)OC(=O)c2ccc(S(=O)(=O)O)cc2N)cc1Cl. The van der Waals surface area contributed by atoms with E-state index in [2.05, 4.69) is 4.18 Å². The molecular formula is C14H13ClN2O7S2. The monoisotopic (exact) mass is 420 g/mol. The summed E-state index contributed by atoms with van der Waals surface area (Å²) in [6.07, 6.45) is 0. The molecule has 0 spiro atoms. The molecule has 0 aliphatic rings. The molecule has 0 saturated carbocycles. The molecule has 0 saturated heterocycles. The van der Waals surface area contributed by atoms with Crippen molar-refractivity contribution < 1.29 is 30.4 Å². The largest absolute Gasteiger partial charge is 0.398 e. The third-order valence-electron chi connectivity index (χ3n) is 3.29. The van der Waals surface area contributed by atoms with Crippen LogP contribution in [0.2, 0.25) is 5.02 Å². The Hall–Kier alpha value is -2.34. The second-order valence-electron chi connectivity index (χ2n) is 5.19. The summed E-state index contributed by atoms with van der Waals surface area (Å²) in [5.41, 5.74) is 10.7. The van der Waals surface area contributed by atoms with Crippen LogP contribution in [0.3, 0.4) is 0 Å².